The number of aryl methyl sites for hydroxylation is 1. The van der Waals surface area contributed by atoms with Crippen molar-refractivity contribution in [1.29, 1.82) is 0 Å². The molecule has 9 rings (SSSR count). The molecule has 5 atom stereocenters. The molecular weight excluding hydrogens is 671 g/mol. The van der Waals surface area contributed by atoms with E-state index in [1.807, 2.05) is 6.92 Å². The fourth-order valence-electron chi connectivity index (χ4n) is 10.0. The number of piperidine rings is 1. The van der Waals surface area contributed by atoms with Crippen LogP contribution in [0.2, 0.25) is 0 Å². The zero-order valence-corrected chi connectivity index (χ0v) is 29.4. The van der Waals surface area contributed by atoms with E-state index in [0.717, 1.165) is 51.5 Å². The van der Waals surface area contributed by atoms with Gasteiger partial charge in [0.15, 0.2) is 5.82 Å². The SMILES string of the molecule is CCc1c(F)ccc2cc(OC(=O)C3CCCC3)cc(-c3ncc4c(N5C[C@@H]6C[C@H](C5)[C@H](O)C6)nc(OC[C@@]56CCCN5C[C@H](F)C6)nc4c3F)c12. The fraction of sp³-hybridized carbons (Fsp3) is 0.550. The van der Waals surface area contributed by atoms with E-state index in [9.17, 15) is 14.3 Å². The van der Waals surface area contributed by atoms with Gasteiger partial charge in [0.25, 0.3) is 0 Å². The quantitative estimate of drug-likeness (QED) is 0.154. The van der Waals surface area contributed by atoms with E-state index in [1.165, 1.54) is 6.07 Å². The number of pyridine rings is 1. The second kappa shape index (κ2) is 13.1. The summed E-state index contributed by atoms with van der Waals surface area (Å²) in [5.74, 6) is -0.608. The van der Waals surface area contributed by atoms with Crippen molar-refractivity contribution in [3.63, 3.8) is 0 Å². The highest BCUT2D eigenvalue weighted by molar-refractivity contribution is 6.02. The molecule has 5 aliphatic rings. The van der Waals surface area contributed by atoms with Gasteiger partial charge in [-0.05, 0) is 91.9 Å². The first-order chi connectivity index (χ1) is 25.2. The van der Waals surface area contributed by atoms with Crippen LogP contribution in [-0.4, -0.2) is 81.5 Å². The Morgan fingerprint density at radius 1 is 1.08 bits per heavy atom. The van der Waals surface area contributed by atoms with Crippen LogP contribution in [0.15, 0.2) is 30.5 Å². The standard InChI is InChI=1S/C40H44F3N5O4/c1-2-28-31(42)9-8-24-14-27(52-38(50)23-6-3-4-7-23)15-29(33(24)28)35-34(43)36-30(17-44-35)37(47-18-22-12-25(19-47)32(49)13-22)46-39(45-36)51-21-40-10-5-11-48(40)20-26(41)16-40/h8-9,14-15,17,22-23,25-26,32,49H,2-7,10-13,16,18-21H2,1H3/t22-,25-,26-,32-,40+/m1/s1. The van der Waals surface area contributed by atoms with Crippen molar-refractivity contribution in [3.05, 3.63) is 47.7 Å². The molecule has 1 N–H and O–H groups in total. The van der Waals surface area contributed by atoms with E-state index >= 15 is 8.78 Å². The molecule has 2 bridgehead atoms. The van der Waals surface area contributed by atoms with Crippen molar-refractivity contribution in [1.82, 2.24) is 19.9 Å². The molecule has 52 heavy (non-hydrogen) atoms. The summed E-state index contributed by atoms with van der Waals surface area (Å²) < 4.78 is 59.4. The molecule has 2 saturated carbocycles. The van der Waals surface area contributed by atoms with E-state index in [2.05, 4.69) is 19.8 Å². The molecule has 9 nitrogen and oxygen atoms in total. The molecule has 5 fully saturated rings. The summed E-state index contributed by atoms with van der Waals surface area (Å²) in [4.78, 5) is 31.5. The number of rotatable bonds is 8. The van der Waals surface area contributed by atoms with Crippen molar-refractivity contribution in [3.8, 4) is 23.0 Å². The van der Waals surface area contributed by atoms with E-state index in [-0.39, 0.29) is 53.3 Å². The Kier molecular flexibility index (Phi) is 8.53. The van der Waals surface area contributed by atoms with Crippen LogP contribution in [0.25, 0.3) is 32.9 Å². The molecule has 4 aromatic rings. The number of anilines is 1. The van der Waals surface area contributed by atoms with Gasteiger partial charge in [0, 0.05) is 43.7 Å². The summed E-state index contributed by atoms with van der Waals surface area (Å²) in [6.07, 6.45) is 7.79. The Hall–Kier alpha value is -4.03. The lowest BCUT2D eigenvalue weighted by atomic mass is 9.94. The molecule has 274 valence electrons. The molecule has 3 saturated heterocycles. The van der Waals surface area contributed by atoms with Gasteiger partial charge in [-0.15, -0.1) is 0 Å². The Balaban J connectivity index is 1.17. The topological polar surface area (TPSA) is 101 Å². The molecule has 0 unspecified atom stereocenters. The molecule has 2 aromatic carbocycles. The molecule has 2 aromatic heterocycles. The van der Waals surface area contributed by atoms with Crippen LogP contribution in [0.5, 0.6) is 11.8 Å². The Morgan fingerprint density at radius 2 is 1.92 bits per heavy atom. The molecule has 0 amide bonds. The third-order valence-corrected chi connectivity index (χ3v) is 12.5. The highest BCUT2D eigenvalue weighted by Crippen LogP contribution is 2.44. The van der Waals surface area contributed by atoms with Crippen molar-refractivity contribution >= 4 is 33.5 Å². The van der Waals surface area contributed by atoms with Crippen molar-refractivity contribution in [2.45, 2.75) is 88.9 Å². The third kappa shape index (κ3) is 5.77. The van der Waals surface area contributed by atoms with Gasteiger partial charge in [-0.2, -0.15) is 9.97 Å². The minimum atomic E-state index is -0.931. The lowest BCUT2D eigenvalue weighted by molar-refractivity contribution is -0.138. The van der Waals surface area contributed by atoms with Gasteiger partial charge in [-0.25, -0.2) is 13.2 Å². The first-order valence-corrected chi connectivity index (χ1v) is 19.0. The lowest BCUT2D eigenvalue weighted by Gasteiger charge is -2.34. The summed E-state index contributed by atoms with van der Waals surface area (Å²) in [6.45, 7) is 4.39. The van der Waals surface area contributed by atoms with Gasteiger partial charge in [0.2, 0.25) is 0 Å². The maximum atomic E-state index is 17.3. The number of esters is 1. The second-order valence-electron chi connectivity index (χ2n) is 15.8. The van der Waals surface area contributed by atoms with Crippen LogP contribution in [0.1, 0.15) is 70.3 Å². The summed E-state index contributed by atoms with van der Waals surface area (Å²) in [5, 5.41) is 12.2. The van der Waals surface area contributed by atoms with Crippen LogP contribution in [0.3, 0.4) is 0 Å². The predicted octanol–water partition coefficient (Wildman–Crippen LogP) is 6.94. The Labute approximate surface area is 300 Å². The Morgan fingerprint density at radius 3 is 2.73 bits per heavy atom. The number of alkyl halides is 1. The number of halogens is 3. The monoisotopic (exact) mass is 715 g/mol. The average molecular weight is 716 g/mol. The van der Waals surface area contributed by atoms with Gasteiger partial charge in [0.1, 0.15) is 41.4 Å². The zero-order chi connectivity index (χ0) is 35.7. The van der Waals surface area contributed by atoms with E-state index < -0.39 is 29.4 Å². The fourth-order valence-corrected chi connectivity index (χ4v) is 10.0. The van der Waals surface area contributed by atoms with E-state index in [0.29, 0.717) is 72.0 Å². The molecule has 5 heterocycles. The molecule has 3 aliphatic heterocycles. The van der Waals surface area contributed by atoms with E-state index in [4.69, 9.17) is 14.5 Å². The number of nitrogens with zero attached hydrogens (tertiary/aromatic N) is 5. The second-order valence-corrected chi connectivity index (χ2v) is 15.8. The van der Waals surface area contributed by atoms with E-state index in [1.54, 1.807) is 24.4 Å². The van der Waals surface area contributed by atoms with Crippen LogP contribution in [-0.2, 0) is 11.2 Å². The van der Waals surface area contributed by atoms with Crippen molar-refractivity contribution in [2.24, 2.45) is 17.8 Å². The number of carbonyl (C=O) groups excluding carboxylic acids is 1. The molecule has 2 aliphatic carbocycles. The Bertz CT molecular complexity index is 2060. The largest absolute Gasteiger partial charge is 0.461 e. The normalized spacial score (nSPS) is 27.6. The van der Waals surface area contributed by atoms with Crippen LogP contribution in [0, 0.1) is 29.4 Å². The van der Waals surface area contributed by atoms with Gasteiger partial charge in [-0.3, -0.25) is 14.7 Å². The maximum absolute atomic E-state index is 17.3. The number of aliphatic hydroxyl groups excluding tert-OH is 1. The molecule has 0 radical (unpaired) electrons. The first kappa shape index (κ1) is 33.8. The highest BCUT2D eigenvalue weighted by atomic mass is 19.1. The third-order valence-electron chi connectivity index (χ3n) is 12.5. The number of benzene rings is 2. The molecular formula is C40H44F3N5O4. The van der Waals surface area contributed by atoms with Crippen molar-refractivity contribution in [2.75, 3.05) is 37.7 Å². The first-order valence-electron chi connectivity index (χ1n) is 19.0. The minimum Gasteiger partial charge on any atom is -0.461 e. The number of aliphatic hydroxyl groups is 1. The summed E-state index contributed by atoms with van der Waals surface area (Å²) in [5.41, 5.74) is 0.183. The minimum absolute atomic E-state index is 0.00464. The van der Waals surface area contributed by atoms with Gasteiger partial charge in [0.05, 0.1) is 22.9 Å². The number of ether oxygens (including phenoxy) is 2. The van der Waals surface area contributed by atoms with Gasteiger partial charge < -0.3 is 19.5 Å². The number of hydrogen-bond acceptors (Lipinski definition) is 9. The number of aromatic nitrogens is 3. The van der Waals surface area contributed by atoms with Crippen LogP contribution in [0.4, 0.5) is 19.0 Å². The smallest absolute Gasteiger partial charge is 0.319 e. The summed E-state index contributed by atoms with van der Waals surface area (Å²) >= 11 is 0. The number of hydrogen-bond donors (Lipinski definition) is 1. The highest BCUT2D eigenvalue weighted by Gasteiger charge is 2.49. The van der Waals surface area contributed by atoms with Gasteiger partial charge in [-0.1, -0.05) is 25.8 Å². The average Bonchev–Trinajstić information content (AvgIpc) is 3.92. The van der Waals surface area contributed by atoms with Crippen LogP contribution < -0.4 is 14.4 Å². The summed E-state index contributed by atoms with van der Waals surface area (Å²) in [6, 6.07) is 6.26. The predicted molar refractivity (Wildman–Crippen MR) is 190 cm³/mol. The maximum Gasteiger partial charge on any atom is 0.319 e. The summed E-state index contributed by atoms with van der Waals surface area (Å²) in [7, 11) is 0. The lowest BCUT2D eigenvalue weighted by Crippen LogP contribution is -2.43. The number of carbonyl (C=O) groups is 1. The van der Waals surface area contributed by atoms with Crippen LogP contribution >= 0.6 is 0 Å². The van der Waals surface area contributed by atoms with Gasteiger partial charge >= 0.3 is 12.0 Å². The molecule has 12 heteroatoms. The van der Waals surface area contributed by atoms with Crippen molar-refractivity contribution < 1.29 is 32.5 Å². The zero-order valence-electron chi connectivity index (χ0n) is 29.4. The molecule has 0 spiro atoms. The number of fused-ring (bicyclic) bond motifs is 5.